The van der Waals surface area contributed by atoms with E-state index in [4.69, 9.17) is 10.2 Å². The maximum atomic E-state index is 8.25. The molecule has 0 saturated carbocycles. The molecule has 2 heteroatoms. The fourth-order valence-corrected chi connectivity index (χ4v) is 0.766. The van der Waals surface area contributed by atoms with Crippen LogP contribution >= 0.6 is 0 Å². The normalized spacial score (nSPS) is 7.79. The molecule has 76 valence electrons. The number of hydrogen-bond donors (Lipinski definition) is 2. The van der Waals surface area contributed by atoms with Crippen LogP contribution in [-0.4, -0.2) is 16.8 Å². The molecule has 0 atom stereocenters. The van der Waals surface area contributed by atoms with Crippen molar-refractivity contribution in [3.8, 4) is 12.0 Å². The zero-order chi connectivity index (χ0) is 10.5. The Morgan fingerprint density at radius 3 is 1.71 bits per heavy atom. The lowest BCUT2D eigenvalue weighted by atomic mass is 10.2. The lowest BCUT2D eigenvalue weighted by Crippen LogP contribution is -1.80. The molecular weight excluding hydrogens is 176 g/mol. The van der Waals surface area contributed by atoms with E-state index in [2.05, 4.69) is 5.92 Å². The van der Waals surface area contributed by atoms with Crippen LogP contribution < -0.4 is 0 Å². The molecule has 0 aliphatic rings. The highest BCUT2D eigenvalue weighted by Gasteiger charge is 1.79. The summed E-state index contributed by atoms with van der Waals surface area (Å²) in [6.07, 6.45) is 4.11. The number of benzene rings is 1. The van der Waals surface area contributed by atoms with Crippen LogP contribution in [-0.2, 0) is 0 Å². The van der Waals surface area contributed by atoms with E-state index in [1.165, 1.54) is 0 Å². The van der Waals surface area contributed by atoms with Gasteiger partial charge in [0, 0.05) is 13.0 Å². The Labute approximate surface area is 85.2 Å². The second-order valence-electron chi connectivity index (χ2n) is 2.62. The van der Waals surface area contributed by atoms with Gasteiger partial charge in [0.1, 0.15) is 6.11 Å². The average molecular weight is 192 g/mol. The summed E-state index contributed by atoms with van der Waals surface area (Å²) in [7, 11) is 0. The van der Waals surface area contributed by atoms with Gasteiger partial charge in [-0.15, -0.1) is 0 Å². The molecule has 0 aliphatic carbocycles. The van der Waals surface area contributed by atoms with Crippen LogP contribution in [0.15, 0.2) is 36.4 Å². The SMILES string of the molecule is OC#CCCCCO.c1ccccc1. The van der Waals surface area contributed by atoms with Crippen molar-refractivity contribution < 1.29 is 10.2 Å². The van der Waals surface area contributed by atoms with Crippen molar-refractivity contribution in [3.05, 3.63) is 36.4 Å². The van der Waals surface area contributed by atoms with Gasteiger partial charge in [0.05, 0.1) is 0 Å². The third-order valence-corrected chi connectivity index (χ3v) is 1.46. The molecular formula is C12H16O2. The van der Waals surface area contributed by atoms with E-state index in [1.54, 1.807) is 6.11 Å². The Balaban J connectivity index is 0.000000249. The molecule has 0 amide bonds. The Morgan fingerprint density at radius 2 is 1.36 bits per heavy atom. The zero-order valence-corrected chi connectivity index (χ0v) is 8.19. The monoisotopic (exact) mass is 192 g/mol. The Bertz CT molecular complexity index is 219. The van der Waals surface area contributed by atoms with Gasteiger partial charge in [-0.2, -0.15) is 0 Å². The summed E-state index contributed by atoms with van der Waals surface area (Å²) < 4.78 is 0. The van der Waals surface area contributed by atoms with E-state index in [-0.39, 0.29) is 6.61 Å². The second kappa shape index (κ2) is 11.5. The van der Waals surface area contributed by atoms with Gasteiger partial charge in [-0.1, -0.05) is 42.3 Å². The van der Waals surface area contributed by atoms with Gasteiger partial charge in [0.15, 0.2) is 0 Å². The highest BCUT2D eigenvalue weighted by molar-refractivity contribution is 4.99. The highest BCUT2D eigenvalue weighted by Crippen LogP contribution is 1.90. The van der Waals surface area contributed by atoms with Crippen molar-refractivity contribution in [2.45, 2.75) is 19.3 Å². The summed E-state index contributed by atoms with van der Waals surface area (Å²) in [6.45, 7) is 0.215. The van der Waals surface area contributed by atoms with Crippen LogP contribution in [0, 0.1) is 12.0 Å². The molecule has 14 heavy (non-hydrogen) atoms. The van der Waals surface area contributed by atoms with E-state index in [0.717, 1.165) is 12.8 Å². The first-order valence-electron chi connectivity index (χ1n) is 4.64. The highest BCUT2D eigenvalue weighted by atomic mass is 16.3. The third kappa shape index (κ3) is 10.5. The van der Waals surface area contributed by atoms with Crippen LogP contribution in [0.4, 0.5) is 0 Å². The standard InChI is InChI=1S/C6H10O2.C6H6/c7-5-3-1-2-4-6-8;1-2-4-6-5-3-1/h7-8H,1-3,5H2;1-6H. The topological polar surface area (TPSA) is 40.5 Å². The van der Waals surface area contributed by atoms with Gasteiger partial charge in [-0.05, 0) is 12.8 Å². The van der Waals surface area contributed by atoms with E-state index in [1.807, 2.05) is 36.4 Å². The lowest BCUT2D eigenvalue weighted by Gasteiger charge is -1.86. The first-order chi connectivity index (χ1) is 6.91. The number of aliphatic hydroxyl groups is 2. The van der Waals surface area contributed by atoms with Gasteiger partial charge in [-0.25, -0.2) is 0 Å². The molecule has 0 fully saturated rings. The van der Waals surface area contributed by atoms with Crippen LogP contribution in [0.3, 0.4) is 0 Å². The summed E-state index contributed by atoms with van der Waals surface area (Å²) >= 11 is 0. The zero-order valence-electron chi connectivity index (χ0n) is 8.19. The van der Waals surface area contributed by atoms with Crippen molar-refractivity contribution in [3.63, 3.8) is 0 Å². The Hall–Kier alpha value is -1.46. The molecule has 0 spiro atoms. The molecule has 0 heterocycles. The second-order valence-corrected chi connectivity index (χ2v) is 2.62. The minimum atomic E-state index is 0.215. The smallest absolute Gasteiger partial charge is 0.107 e. The minimum Gasteiger partial charge on any atom is -0.462 e. The first kappa shape index (κ1) is 12.5. The van der Waals surface area contributed by atoms with Gasteiger partial charge >= 0.3 is 0 Å². The molecule has 1 aromatic rings. The van der Waals surface area contributed by atoms with Crippen LogP contribution in [0.1, 0.15) is 19.3 Å². The molecule has 0 aromatic heterocycles. The maximum absolute atomic E-state index is 8.25. The van der Waals surface area contributed by atoms with E-state index >= 15 is 0 Å². The molecule has 1 rings (SSSR count). The third-order valence-electron chi connectivity index (χ3n) is 1.46. The van der Waals surface area contributed by atoms with Gasteiger partial charge < -0.3 is 10.2 Å². The molecule has 0 bridgehead atoms. The summed E-state index contributed by atoms with van der Waals surface area (Å²) in [4.78, 5) is 0. The molecule has 2 N–H and O–H groups in total. The van der Waals surface area contributed by atoms with Crippen LogP contribution in [0.25, 0.3) is 0 Å². The van der Waals surface area contributed by atoms with Gasteiger partial charge in [-0.3, -0.25) is 0 Å². The predicted octanol–water partition coefficient (Wildman–Crippen LogP) is 2.17. The van der Waals surface area contributed by atoms with Crippen molar-refractivity contribution in [2.75, 3.05) is 6.61 Å². The number of unbranched alkanes of at least 4 members (excludes halogenated alkanes) is 2. The van der Waals surface area contributed by atoms with E-state index < -0.39 is 0 Å². The lowest BCUT2D eigenvalue weighted by molar-refractivity contribution is 0.285. The molecule has 1 aromatic carbocycles. The fourth-order valence-electron chi connectivity index (χ4n) is 0.766. The van der Waals surface area contributed by atoms with Crippen molar-refractivity contribution in [1.29, 1.82) is 0 Å². The largest absolute Gasteiger partial charge is 0.462 e. The summed E-state index contributed by atoms with van der Waals surface area (Å²) in [5.41, 5.74) is 0. The van der Waals surface area contributed by atoms with E-state index in [9.17, 15) is 0 Å². The fraction of sp³-hybridized carbons (Fsp3) is 0.333. The quantitative estimate of drug-likeness (QED) is 0.569. The average Bonchev–Trinajstić information content (AvgIpc) is 2.28. The van der Waals surface area contributed by atoms with Crippen molar-refractivity contribution in [1.82, 2.24) is 0 Å². The molecule has 0 unspecified atom stereocenters. The number of hydrogen-bond acceptors (Lipinski definition) is 2. The predicted molar refractivity (Wildman–Crippen MR) is 57.1 cm³/mol. The summed E-state index contributed by atoms with van der Waals surface area (Å²) in [5.74, 6) is 2.48. The molecule has 0 saturated heterocycles. The van der Waals surface area contributed by atoms with E-state index in [0.29, 0.717) is 6.42 Å². The molecule has 2 nitrogen and oxygen atoms in total. The maximum Gasteiger partial charge on any atom is 0.107 e. The van der Waals surface area contributed by atoms with Crippen molar-refractivity contribution >= 4 is 0 Å². The minimum absolute atomic E-state index is 0.215. The molecule has 0 radical (unpaired) electrons. The molecule has 0 aliphatic heterocycles. The number of rotatable bonds is 3. The first-order valence-corrected chi connectivity index (χ1v) is 4.64. The summed E-state index contributed by atoms with van der Waals surface area (Å²) in [6, 6.07) is 12.0. The van der Waals surface area contributed by atoms with Crippen LogP contribution in [0.5, 0.6) is 0 Å². The van der Waals surface area contributed by atoms with Gasteiger partial charge in [0.2, 0.25) is 0 Å². The Kier molecular flexibility index (Phi) is 10.3. The summed E-state index contributed by atoms with van der Waals surface area (Å²) in [5, 5.41) is 16.2. The number of aliphatic hydroxyl groups excluding tert-OH is 2. The van der Waals surface area contributed by atoms with Crippen LogP contribution in [0.2, 0.25) is 0 Å². The van der Waals surface area contributed by atoms with Gasteiger partial charge in [0.25, 0.3) is 0 Å². The Morgan fingerprint density at radius 1 is 0.857 bits per heavy atom. The van der Waals surface area contributed by atoms with Crippen molar-refractivity contribution in [2.24, 2.45) is 0 Å².